The van der Waals surface area contributed by atoms with Gasteiger partial charge in [-0.25, -0.2) is 4.98 Å². The van der Waals surface area contributed by atoms with Crippen molar-refractivity contribution in [3.05, 3.63) is 65.5 Å². The number of thiazole rings is 1. The van der Waals surface area contributed by atoms with E-state index in [1.54, 1.807) is 41.0 Å². The second-order valence-corrected chi connectivity index (χ2v) is 8.76. The van der Waals surface area contributed by atoms with Crippen LogP contribution in [-0.4, -0.2) is 27.8 Å². The summed E-state index contributed by atoms with van der Waals surface area (Å²) in [7, 11) is 3.50. The van der Waals surface area contributed by atoms with Crippen LogP contribution in [0.15, 0.2) is 52.9 Å². The van der Waals surface area contributed by atoms with E-state index in [1.165, 1.54) is 0 Å². The minimum Gasteiger partial charge on any atom is -0.496 e. The van der Waals surface area contributed by atoms with Crippen molar-refractivity contribution >= 4 is 44.9 Å². The lowest BCUT2D eigenvalue weighted by molar-refractivity contribution is 0.102. The first-order chi connectivity index (χ1) is 14.0. The predicted molar refractivity (Wildman–Crippen MR) is 118 cm³/mol. The molecule has 0 aliphatic heterocycles. The Labute approximate surface area is 176 Å². The van der Waals surface area contributed by atoms with E-state index in [-0.39, 0.29) is 5.91 Å². The van der Waals surface area contributed by atoms with Gasteiger partial charge in [0.1, 0.15) is 5.75 Å². The molecule has 0 bridgehead atoms. The Morgan fingerprint density at radius 2 is 2.07 bits per heavy atom. The lowest BCUT2D eigenvalue weighted by Gasteiger charge is -2.06. The molecule has 0 spiro atoms. The van der Waals surface area contributed by atoms with Crippen LogP contribution in [-0.2, 0) is 12.8 Å². The normalized spacial score (nSPS) is 11.0. The first-order valence-electron chi connectivity index (χ1n) is 9.01. The molecule has 148 valence electrons. The summed E-state index contributed by atoms with van der Waals surface area (Å²) >= 11 is 3.29. The number of nitrogens with zero attached hydrogens (tertiary/aromatic N) is 3. The molecule has 0 unspecified atom stereocenters. The summed E-state index contributed by atoms with van der Waals surface area (Å²) in [6.07, 6.45) is 0. The summed E-state index contributed by atoms with van der Waals surface area (Å²) < 4.78 is 9.11. The molecule has 0 radical (unpaired) electrons. The highest BCUT2D eigenvalue weighted by molar-refractivity contribution is 8.00. The van der Waals surface area contributed by atoms with Crippen LogP contribution in [0.2, 0.25) is 0 Å². The van der Waals surface area contributed by atoms with Crippen LogP contribution < -0.4 is 10.1 Å². The topological polar surface area (TPSA) is 69.0 Å². The Kier molecular flexibility index (Phi) is 5.55. The monoisotopic (exact) mass is 424 g/mol. The van der Waals surface area contributed by atoms with Gasteiger partial charge in [-0.3, -0.25) is 9.48 Å². The first-order valence-corrected chi connectivity index (χ1v) is 10.8. The number of rotatable bonds is 6. The van der Waals surface area contributed by atoms with Gasteiger partial charge in [-0.05, 0) is 37.3 Å². The third-order valence-electron chi connectivity index (χ3n) is 4.52. The summed E-state index contributed by atoms with van der Waals surface area (Å²) in [5.41, 5.74) is 4.13. The summed E-state index contributed by atoms with van der Waals surface area (Å²) in [6.45, 7) is 1.91. The van der Waals surface area contributed by atoms with Crippen LogP contribution in [0.5, 0.6) is 5.75 Å². The number of benzene rings is 2. The molecule has 2 aromatic carbocycles. The summed E-state index contributed by atoms with van der Waals surface area (Å²) in [5.74, 6) is 1.45. The second-order valence-electron chi connectivity index (χ2n) is 6.51. The quantitative estimate of drug-likeness (QED) is 0.446. The summed E-state index contributed by atoms with van der Waals surface area (Å²) in [5, 5.41) is 7.14. The van der Waals surface area contributed by atoms with Gasteiger partial charge < -0.3 is 10.1 Å². The Bertz CT molecular complexity index is 1160. The molecule has 0 aliphatic rings. The van der Waals surface area contributed by atoms with E-state index in [9.17, 15) is 4.79 Å². The van der Waals surface area contributed by atoms with E-state index in [0.29, 0.717) is 5.69 Å². The van der Waals surface area contributed by atoms with Gasteiger partial charge >= 0.3 is 0 Å². The second kappa shape index (κ2) is 8.26. The highest BCUT2D eigenvalue weighted by Gasteiger charge is 2.13. The zero-order valence-corrected chi connectivity index (χ0v) is 17.9. The fourth-order valence-corrected chi connectivity index (χ4v) is 4.97. The van der Waals surface area contributed by atoms with Crippen LogP contribution in [0.4, 0.5) is 5.69 Å². The molecule has 0 saturated carbocycles. The minimum absolute atomic E-state index is 0.219. The third kappa shape index (κ3) is 4.28. The van der Waals surface area contributed by atoms with Gasteiger partial charge in [-0.1, -0.05) is 30.0 Å². The van der Waals surface area contributed by atoms with E-state index >= 15 is 0 Å². The number of anilines is 1. The average Bonchev–Trinajstić information content (AvgIpc) is 3.28. The number of hydrogen-bond donors (Lipinski definition) is 1. The fraction of sp³-hybridized carbons (Fsp3) is 0.190. The summed E-state index contributed by atoms with van der Waals surface area (Å²) in [6, 6.07) is 15.5. The van der Waals surface area contributed by atoms with E-state index in [0.717, 1.165) is 43.0 Å². The van der Waals surface area contributed by atoms with Crippen LogP contribution in [0.1, 0.15) is 21.7 Å². The van der Waals surface area contributed by atoms with E-state index < -0.39 is 0 Å². The average molecular weight is 425 g/mol. The molecule has 2 aromatic heterocycles. The molecule has 6 nitrogen and oxygen atoms in total. The Morgan fingerprint density at radius 3 is 2.83 bits per heavy atom. The molecule has 0 fully saturated rings. The molecule has 1 N–H and O–H groups in total. The number of carbonyl (C=O) groups is 1. The van der Waals surface area contributed by atoms with Crippen LogP contribution >= 0.6 is 23.1 Å². The van der Waals surface area contributed by atoms with Crippen molar-refractivity contribution in [1.29, 1.82) is 0 Å². The Morgan fingerprint density at radius 1 is 1.24 bits per heavy atom. The molecule has 29 heavy (non-hydrogen) atoms. The van der Waals surface area contributed by atoms with Gasteiger partial charge in [-0.2, -0.15) is 5.10 Å². The molecule has 4 aromatic rings. The lowest BCUT2D eigenvalue weighted by atomic mass is 10.2. The van der Waals surface area contributed by atoms with Crippen molar-refractivity contribution in [2.75, 3.05) is 12.4 Å². The molecule has 0 aliphatic carbocycles. The molecule has 2 heterocycles. The van der Waals surface area contributed by atoms with Gasteiger partial charge in [0, 0.05) is 29.7 Å². The maximum absolute atomic E-state index is 12.4. The van der Waals surface area contributed by atoms with Gasteiger partial charge in [0.2, 0.25) is 0 Å². The molecule has 8 heteroatoms. The number of hydrogen-bond acceptors (Lipinski definition) is 6. The maximum Gasteiger partial charge on any atom is 0.276 e. The number of amides is 1. The third-order valence-corrected chi connectivity index (χ3v) is 6.73. The number of aryl methyl sites for hydroxylation is 2. The molecule has 0 atom stereocenters. The number of carbonyl (C=O) groups excluding carboxylic acids is 1. The molecular formula is C21H20N4O2S2. The molecule has 0 saturated heterocycles. The molecular weight excluding hydrogens is 404 g/mol. The van der Waals surface area contributed by atoms with Crippen molar-refractivity contribution < 1.29 is 9.53 Å². The number of para-hydroxylation sites is 1. The SMILES string of the molecule is COc1ccccc1CSc1nc2ccc(NC(=O)c3cc(C)n(C)n3)cc2s1. The highest BCUT2D eigenvalue weighted by atomic mass is 32.2. The number of ether oxygens (including phenoxy) is 1. The van der Waals surface area contributed by atoms with Gasteiger partial charge in [0.25, 0.3) is 5.91 Å². The molecule has 1 amide bonds. The van der Waals surface area contributed by atoms with Crippen LogP contribution in [0.3, 0.4) is 0 Å². The first kappa shape index (κ1) is 19.5. The van der Waals surface area contributed by atoms with Crippen molar-refractivity contribution in [3.8, 4) is 5.75 Å². The van der Waals surface area contributed by atoms with Crippen LogP contribution in [0.25, 0.3) is 10.2 Å². The van der Waals surface area contributed by atoms with E-state index in [1.807, 2.05) is 50.4 Å². The van der Waals surface area contributed by atoms with Gasteiger partial charge in [-0.15, -0.1) is 11.3 Å². The highest BCUT2D eigenvalue weighted by Crippen LogP contribution is 2.34. The van der Waals surface area contributed by atoms with E-state index in [4.69, 9.17) is 4.74 Å². The smallest absolute Gasteiger partial charge is 0.276 e. The standard InChI is InChI=1S/C21H20N4O2S2/c1-13-10-17(24-25(13)2)20(26)22-15-8-9-16-19(11-15)29-21(23-16)28-12-14-6-4-5-7-18(14)27-3/h4-11H,12H2,1-3H3,(H,22,26). The van der Waals surface area contributed by atoms with Crippen molar-refractivity contribution in [3.63, 3.8) is 0 Å². The zero-order valence-electron chi connectivity index (χ0n) is 16.3. The number of nitrogens with one attached hydrogen (secondary N) is 1. The van der Waals surface area contributed by atoms with E-state index in [2.05, 4.69) is 21.5 Å². The number of fused-ring (bicyclic) bond motifs is 1. The number of methoxy groups -OCH3 is 1. The predicted octanol–water partition coefficient (Wildman–Crippen LogP) is 4.89. The maximum atomic E-state index is 12.4. The minimum atomic E-state index is -0.219. The number of aromatic nitrogens is 3. The van der Waals surface area contributed by atoms with Crippen molar-refractivity contribution in [2.24, 2.45) is 7.05 Å². The van der Waals surface area contributed by atoms with Crippen molar-refractivity contribution in [2.45, 2.75) is 17.0 Å². The van der Waals surface area contributed by atoms with Crippen LogP contribution in [0, 0.1) is 6.92 Å². The van der Waals surface area contributed by atoms with Gasteiger partial charge in [0.05, 0.1) is 17.3 Å². The zero-order chi connectivity index (χ0) is 20.4. The Balaban J connectivity index is 1.48. The largest absolute Gasteiger partial charge is 0.496 e. The molecule has 4 rings (SSSR count). The fourth-order valence-electron chi connectivity index (χ4n) is 2.87. The summed E-state index contributed by atoms with van der Waals surface area (Å²) in [4.78, 5) is 17.1. The number of thioether (sulfide) groups is 1. The lowest BCUT2D eigenvalue weighted by Crippen LogP contribution is -2.12. The van der Waals surface area contributed by atoms with Gasteiger partial charge in [0.15, 0.2) is 10.0 Å². The van der Waals surface area contributed by atoms with Crippen molar-refractivity contribution in [1.82, 2.24) is 14.8 Å². The Hall–Kier alpha value is -2.84.